The molecule has 0 aliphatic rings. The molecule has 0 amide bonds. The molecule has 0 atom stereocenters. The van der Waals surface area contributed by atoms with E-state index < -0.39 is 13.6 Å². The molecule has 0 heterocycles. The Morgan fingerprint density at radius 1 is 1.19 bits per heavy atom. The van der Waals surface area contributed by atoms with Crippen molar-refractivity contribution in [1.29, 1.82) is 0 Å². The molecule has 0 saturated heterocycles. The van der Waals surface area contributed by atoms with Crippen LogP contribution in [-0.4, -0.2) is 13.6 Å². The molecule has 0 radical (unpaired) electrons. The van der Waals surface area contributed by atoms with Crippen LogP contribution in [0.1, 0.15) is 12.0 Å². The third-order valence-electron chi connectivity index (χ3n) is 2.71. The van der Waals surface area contributed by atoms with E-state index in [0.29, 0.717) is 5.57 Å². The minimum atomic E-state index is -2.60. The Bertz CT molecular complexity index is 363. The van der Waals surface area contributed by atoms with Gasteiger partial charge in [-0.05, 0) is 11.1 Å². The van der Waals surface area contributed by atoms with Crippen LogP contribution in [-0.2, 0) is 0 Å². The molecular weight excluding hydrogens is 222 g/mol. The van der Waals surface area contributed by atoms with Gasteiger partial charge in [0.2, 0.25) is 5.55 Å². The molecule has 0 unspecified atom stereocenters. The van der Waals surface area contributed by atoms with Gasteiger partial charge in [0.25, 0.3) is 0 Å². The van der Waals surface area contributed by atoms with Crippen molar-refractivity contribution in [3.05, 3.63) is 42.5 Å². The van der Waals surface area contributed by atoms with E-state index in [1.807, 2.05) is 30.3 Å². The molecule has 0 N–H and O–H groups in total. The van der Waals surface area contributed by atoms with Crippen molar-refractivity contribution in [2.75, 3.05) is 0 Å². The summed E-state index contributed by atoms with van der Waals surface area (Å²) in [6.45, 7) is 8.82. The summed E-state index contributed by atoms with van der Waals surface area (Å²) in [5.41, 5.74) is -1.27. The summed E-state index contributed by atoms with van der Waals surface area (Å²) >= 11 is 0. The monoisotopic (exact) mass is 240 g/mol. The summed E-state index contributed by atoms with van der Waals surface area (Å²) in [6.07, 6.45) is -0.229. The van der Waals surface area contributed by atoms with Crippen LogP contribution in [0.15, 0.2) is 36.9 Å². The second-order valence-corrected chi connectivity index (χ2v) is 10.3. The minimum absolute atomic E-state index is 0.229. The molecule has 0 nitrogen and oxygen atoms in total. The second-order valence-electron chi connectivity index (χ2n) is 5.10. The minimum Gasteiger partial charge on any atom is -0.212 e. The first kappa shape index (κ1) is 13.1. The van der Waals surface area contributed by atoms with E-state index >= 15 is 0 Å². The lowest BCUT2D eigenvalue weighted by atomic mass is 10.1. The van der Waals surface area contributed by atoms with Gasteiger partial charge < -0.3 is 0 Å². The highest BCUT2D eigenvalue weighted by Crippen LogP contribution is 2.35. The molecule has 0 fully saturated rings. The first-order valence-corrected chi connectivity index (χ1v) is 8.85. The Hall–Kier alpha value is -0.963. The molecule has 16 heavy (non-hydrogen) atoms. The SMILES string of the molecule is C=C(CC(F)(F)[Si](C)(C)C)c1ccccc1. The van der Waals surface area contributed by atoms with Crippen LogP contribution >= 0.6 is 0 Å². The maximum atomic E-state index is 13.9. The Kier molecular flexibility index (Phi) is 3.68. The standard InChI is InChI=1S/C13H18F2Si/c1-11(12-8-6-5-7-9-12)10-13(14,15)16(2,3)4/h5-9H,1,10H2,2-4H3. The molecule has 1 rings (SSSR count). The third-order valence-corrected chi connectivity index (χ3v) is 5.09. The van der Waals surface area contributed by atoms with E-state index in [-0.39, 0.29) is 6.42 Å². The molecule has 0 aliphatic carbocycles. The Balaban J connectivity index is 2.80. The van der Waals surface area contributed by atoms with Gasteiger partial charge in [-0.25, -0.2) is 8.78 Å². The molecule has 0 aliphatic heterocycles. The van der Waals surface area contributed by atoms with Crippen LogP contribution in [0.5, 0.6) is 0 Å². The van der Waals surface area contributed by atoms with Crippen LogP contribution in [0.3, 0.4) is 0 Å². The predicted molar refractivity (Wildman–Crippen MR) is 68.4 cm³/mol. The summed E-state index contributed by atoms with van der Waals surface area (Å²) in [6, 6.07) is 9.19. The van der Waals surface area contributed by atoms with Crippen molar-refractivity contribution in [2.45, 2.75) is 31.6 Å². The van der Waals surface area contributed by atoms with E-state index in [2.05, 4.69) is 6.58 Å². The number of hydrogen-bond acceptors (Lipinski definition) is 0. The van der Waals surface area contributed by atoms with Gasteiger partial charge in [-0.2, -0.15) is 0 Å². The molecule has 0 bridgehead atoms. The molecule has 3 heteroatoms. The number of benzene rings is 1. The van der Waals surface area contributed by atoms with Crippen LogP contribution in [0.4, 0.5) is 8.78 Å². The number of hydrogen-bond donors (Lipinski definition) is 0. The van der Waals surface area contributed by atoms with Gasteiger partial charge >= 0.3 is 0 Å². The maximum Gasteiger partial charge on any atom is 0.233 e. The molecule has 0 aromatic heterocycles. The lowest BCUT2D eigenvalue weighted by molar-refractivity contribution is 0.0877. The quantitative estimate of drug-likeness (QED) is 0.675. The highest BCUT2D eigenvalue weighted by atomic mass is 28.3. The van der Waals surface area contributed by atoms with Crippen molar-refractivity contribution in [2.24, 2.45) is 0 Å². The largest absolute Gasteiger partial charge is 0.233 e. The normalized spacial score (nSPS) is 12.6. The zero-order valence-corrected chi connectivity index (χ0v) is 11.1. The summed E-state index contributed by atoms with van der Waals surface area (Å²) in [5, 5.41) is 0. The van der Waals surface area contributed by atoms with Gasteiger partial charge in [-0.1, -0.05) is 56.6 Å². The number of allylic oxidation sites excluding steroid dienone is 1. The van der Waals surface area contributed by atoms with Crippen LogP contribution in [0.25, 0.3) is 5.57 Å². The second kappa shape index (κ2) is 4.50. The summed E-state index contributed by atoms with van der Waals surface area (Å²) in [7, 11) is -2.47. The zero-order chi connectivity index (χ0) is 12.4. The molecule has 0 spiro atoms. The smallest absolute Gasteiger partial charge is 0.212 e. The van der Waals surface area contributed by atoms with E-state index in [4.69, 9.17) is 0 Å². The van der Waals surface area contributed by atoms with Crippen LogP contribution in [0.2, 0.25) is 19.6 Å². The summed E-state index contributed by atoms with van der Waals surface area (Å²) in [5.74, 6) is 0. The fraction of sp³-hybridized carbons (Fsp3) is 0.385. The molecule has 0 saturated carbocycles. The van der Waals surface area contributed by atoms with Crippen molar-refractivity contribution in [1.82, 2.24) is 0 Å². The number of alkyl halides is 2. The van der Waals surface area contributed by atoms with Crippen molar-refractivity contribution in [3.8, 4) is 0 Å². The van der Waals surface area contributed by atoms with Gasteiger partial charge in [-0.3, -0.25) is 0 Å². The van der Waals surface area contributed by atoms with E-state index in [9.17, 15) is 8.78 Å². The average Bonchev–Trinajstić information content (AvgIpc) is 2.16. The van der Waals surface area contributed by atoms with Crippen molar-refractivity contribution >= 4 is 13.6 Å². The summed E-state index contributed by atoms with van der Waals surface area (Å²) in [4.78, 5) is 0. The lowest BCUT2D eigenvalue weighted by Gasteiger charge is -2.29. The fourth-order valence-corrected chi connectivity index (χ4v) is 2.05. The Morgan fingerprint density at radius 3 is 2.12 bits per heavy atom. The fourth-order valence-electron chi connectivity index (χ4n) is 1.31. The van der Waals surface area contributed by atoms with Gasteiger partial charge in [0.05, 0.1) is 0 Å². The van der Waals surface area contributed by atoms with Crippen LogP contribution < -0.4 is 0 Å². The number of halogens is 2. The van der Waals surface area contributed by atoms with Gasteiger partial charge in [0, 0.05) is 6.42 Å². The van der Waals surface area contributed by atoms with Gasteiger partial charge in [0.1, 0.15) is 8.07 Å². The highest BCUT2D eigenvalue weighted by Gasteiger charge is 2.44. The lowest BCUT2D eigenvalue weighted by Crippen LogP contribution is -2.44. The van der Waals surface area contributed by atoms with Crippen molar-refractivity contribution < 1.29 is 8.78 Å². The molecule has 1 aromatic carbocycles. The molecule has 88 valence electrons. The maximum absolute atomic E-state index is 13.9. The molecular formula is C13H18F2Si. The zero-order valence-electron chi connectivity index (χ0n) is 10.1. The number of rotatable bonds is 4. The third kappa shape index (κ3) is 3.01. The highest BCUT2D eigenvalue weighted by molar-refractivity contribution is 6.78. The summed E-state index contributed by atoms with van der Waals surface area (Å²) < 4.78 is 27.7. The first-order chi connectivity index (χ1) is 7.24. The van der Waals surface area contributed by atoms with Gasteiger partial charge in [0.15, 0.2) is 0 Å². The van der Waals surface area contributed by atoms with Crippen LogP contribution in [0, 0.1) is 0 Å². The van der Waals surface area contributed by atoms with E-state index in [0.717, 1.165) is 5.56 Å². The predicted octanol–water partition coefficient (Wildman–Crippen LogP) is 4.60. The van der Waals surface area contributed by atoms with Crippen molar-refractivity contribution in [3.63, 3.8) is 0 Å². The average molecular weight is 240 g/mol. The Labute approximate surface area is 97.0 Å². The first-order valence-electron chi connectivity index (χ1n) is 5.35. The van der Waals surface area contributed by atoms with E-state index in [1.165, 1.54) is 0 Å². The van der Waals surface area contributed by atoms with E-state index in [1.54, 1.807) is 19.6 Å². The van der Waals surface area contributed by atoms with Gasteiger partial charge in [-0.15, -0.1) is 0 Å². The molecule has 1 aromatic rings. The Morgan fingerprint density at radius 2 is 1.69 bits per heavy atom. The topological polar surface area (TPSA) is 0 Å².